The maximum atomic E-state index is 12.2. The molecule has 0 unspecified atom stereocenters. The first-order valence-electron chi connectivity index (χ1n) is 6.20. The third-order valence-electron chi connectivity index (χ3n) is 3.60. The van der Waals surface area contributed by atoms with Gasteiger partial charge in [-0.25, -0.2) is 0 Å². The van der Waals surface area contributed by atoms with Crippen molar-refractivity contribution in [2.24, 2.45) is 0 Å². The molecule has 104 valence electrons. The van der Waals surface area contributed by atoms with Crippen LogP contribution < -0.4 is 4.90 Å². The highest BCUT2D eigenvalue weighted by molar-refractivity contribution is 6.01. The van der Waals surface area contributed by atoms with Crippen molar-refractivity contribution < 1.29 is 14.3 Å². The second-order valence-corrected chi connectivity index (χ2v) is 4.80. The summed E-state index contributed by atoms with van der Waals surface area (Å²) in [6.45, 7) is 0.336. The Balaban J connectivity index is 2.30. The van der Waals surface area contributed by atoms with E-state index in [0.29, 0.717) is 13.0 Å². The van der Waals surface area contributed by atoms with Gasteiger partial charge < -0.3 is 14.4 Å². The summed E-state index contributed by atoms with van der Waals surface area (Å²) in [6.07, 6.45) is 0.438. The molecule has 1 aliphatic heterocycles. The normalized spacial score (nSPS) is 15.2. The smallest absolute Gasteiger partial charge is 0.248 e. The number of para-hydroxylation sites is 1. The number of anilines is 1. The molecule has 0 atom stereocenters. The molecule has 1 aromatic rings. The average molecular weight is 264 g/mol. The van der Waals surface area contributed by atoms with E-state index < -0.39 is 5.91 Å². The Hall–Kier alpha value is -1.43. The van der Waals surface area contributed by atoms with Crippen LogP contribution in [-0.2, 0) is 20.7 Å². The highest BCUT2D eigenvalue weighted by Crippen LogP contribution is 2.31. The Morgan fingerprint density at radius 2 is 1.89 bits per heavy atom. The summed E-state index contributed by atoms with van der Waals surface area (Å²) in [5, 5.41) is 0. The van der Waals surface area contributed by atoms with Crippen LogP contribution >= 0.6 is 0 Å². The van der Waals surface area contributed by atoms with Crippen LogP contribution in [-0.4, -0.2) is 51.6 Å². The summed E-state index contributed by atoms with van der Waals surface area (Å²) in [4.78, 5) is 15.7. The molecule has 2 rings (SSSR count). The molecule has 0 fully saturated rings. The summed E-state index contributed by atoms with van der Waals surface area (Å²) in [6, 6.07) is 7.80. The van der Waals surface area contributed by atoms with Gasteiger partial charge in [-0.3, -0.25) is 9.69 Å². The van der Waals surface area contributed by atoms with Crippen molar-refractivity contribution in [2.75, 3.05) is 39.8 Å². The van der Waals surface area contributed by atoms with Crippen LogP contribution in [0.3, 0.4) is 0 Å². The van der Waals surface area contributed by atoms with E-state index in [1.807, 2.05) is 43.3 Å². The molecule has 0 spiro atoms. The number of ether oxygens (including phenoxy) is 2. The average Bonchev–Trinajstić information content (AvgIpc) is 2.71. The minimum atomic E-state index is -0.937. The SMILES string of the molecule is COC(CN1C(=O)Cc2ccccc21)(OC)N(C)C. The first-order chi connectivity index (χ1) is 9.04. The van der Waals surface area contributed by atoms with Gasteiger partial charge in [0.25, 0.3) is 0 Å². The van der Waals surface area contributed by atoms with Gasteiger partial charge in [-0.2, -0.15) is 0 Å². The lowest BCUT2D eigenvalue weighted by molar-refractivity contribution is -0.275. The summed E-state index contributed by atoms with van der Waals surface area (Å²) in [5.74, 6) is -0.867. The van der Waals surface area contributed by atoms with Crippen molar-refractivity contribution >= 4 is 11.6 Å². The lowest BCUT2D eigenvalue weighted by Gasteiger charge is -2.39. The summed E-state index contributed by atoms with van der Waals surface area (Å²) in [5.41, 5.74) is 1.99. The van der Waals surface area contributed by atoms with Crippen LogP contribution in [0.25, 0.3) is 0 Å². The minimum Gasteiger partial charge on any atom is -0.339 e. The number of hydrogen-bond donors (Lipinski definition) is 0. The van der Waals surface area contributed by atoms with Gasteiger partial charge in [0.05, 0.1) is 13.0 Å². The number of likely N-dealkylation sites (N-methyl/N-ethyl adjacent to an activating group) is 1. The monoisotopic (exact) mass is 264 g/mol. The van der Waals surface area contributed by atoms with Gasteiger partial charge in [0.1, 0.15) is 0 Å². The number of fused-ring (bicyclic) bond motifs is 1. The molecule has 0 aromatic heterocycles. The third kappa shape index (κ3) is 2.36. The highest BCUT2D eigenvalue weighted by atomic mass is 16.7. The van der Waals surface area contributed by atoms with Crippen molar-refractivity contribution in [1.82, 2.24) is 4.90 Å². The molecule has 1 aromatic carbocycles. The van der Waals surface area contributed by atoms with Crippen molar-refractivity contribution in [1.29, 1.82) is 0 Å². The quantitative estimate of drug-likeness (QED) is 0.746. The molecule has 0 N–H and O–H groups in total. The van der Waals surface area contributed by atoms with Crippen LogP contribution in [0.4, 0.5) is 5.69 Å². The van der Waals surface area contributed by atoms with Gasteiger partial charge >= 0.3 is 0 Å². The van der Waals surface area contributed by atoms with Crippen molar-refractivity contribution in [3.8, 4) is 0 Å². The first kappa shape index (κ1) is 14.0. The number of carbonyl (C=O) groups is 1. The molecule has 1 aliphatic rings. The van der Waals surface area contributed by atoms with E-state index >= 15 is 0 Å². The molecular weight excluding hydrogens is 244 g/mol. The summed E-state index contributed by atoms with van der Waals surface area (Å²) < 4.78 is 11.0. The fraction of sp³-hybridized carbons (Fsp3) is 0.500. The number of rotatable bonds is 5. The van der Waals surface area contributed by atoms with E-state index in [9.17, 15) is 4.79 Å². The van der Waals surface area contributed by atoms with Gasteiger partial charge in [0, 0.05) is 19.9 Å². The maximum absolute atomic E-state index is 12.2. The van der Waals surface area contributed by atoms with Crippen LogP contribution in [0.1, 0.15) is 5.56 Å². The fourth-order valence-electron chi connectivity index (χ4n) is 2.41. The molecule has 1 amide bonds. The van der Waals surface area contributed by atoms with Crippen LogP contribution in [0.2, 0.25) is 0 Å². The number of carbonyl (C=O) groups excluding carboxylic acids is 1. The lowest BCUT2D eigenvalue weighted by atomic mass is 10.2. The van der Waals surface area contributed by atoms with Crippen molar-refractivity contribution in [2.45, 2.75) is 12.3 Å². The minimum absolute atomic E-state index is 0.0709. The van der Waals surface area contributed by atoms with Crippen LogP contribution in [0.5, 0.6) is 0 Å². The number of nitrogens with zero attached hydrogens (tertiary/aromatic N) is 2. The topological polar surface area (TPSA) is 42.0 Å². The second-order valence-electron chi connectivity index (χ2n) is 4.80. The van der Waals surface area contributed by atoms with E-state index in [0.717, 1.165) is 11.3 Å². The molecular formula is C14H20N2O3. The lowest BCUT2D eigenvalue weighted by Crippen LogP contribution is -2.56. The molecule has 5 heteroatoms. The Bertz CT molecular complexity index is 470. The van der Waals surface area contributed by atoms with Gasteiger partial charge in [0.2, 0.25) is 11.8 Å². The van der Waals surface area contributed by atoms with E-state index in [1.165, 1.54) is 0 Å². The molecule has 0 radical (unpaired) electrons. The van der Waals surface area contributed by atoms with Gasteiger partial charge in [-0.05, 0) is 25.7 Å². The Kier molecular flexibility index (Phi) is 3.89. The molecule has 19 heavy (non-hydrogen) atoms. The zero-order valence-electron chi connectivity index (χ0n) is 11.8. The number of benzene rings is 1. The van der Waals surface area contributed by atoms with Crippen LogP contribution in [0, 0.1) is 0 Å². The van der Waals surface area contributed by atoms with Gasteiger partial charge in [0.15, 0.2) is 0 Å². The maximum Gasteiger partial charge on any atom is 0.248 e. The zero-order chi connectivity index (χ0) is 14.0. The largest absolute Gasteiger partial charge is 0.339 e. The summed E-state index contributed by atoms with van der Waals surface area (Å²) in [7, 11) is 6.88. The van der Waals surface area contributed by atoms with E-state index in [-0.39, 0.29) is 5.91 Å². The summed E-state index contributed by atoms with van der Waals surface area (Å²) >= 11 is 0. The number of methoxy groups -OCH3 is 2. The highest BCUT2D eigenvalue weighted by Gasteiger charge is 2.39. The van der Waals surface area contributed by atoms with Crippen molar-refractivity contribution in [3.63, 3.8) is 0 Å². The second kappa shape index (κ2) is 5.28. The standard InChI is InChI=1S/C14H20N2O3/c1-15(2)14(18-3,19-4)10-16-12-8-6-5-7-11(12)9-13(16)17/h5-8H,9-10H2,1-4H3. The fourth-order valence-corrected chi connectivity index (χ4v) is 2.41. The predicted octanol–water partition coefficient (Wildman–Crippen LogP) is 1.08. The first-order valence-corrected chi connectivity index (χ1v) is 6.20. The number of amides is 1. The Labute approximate surface area is 113 Å². The van der Waals surface area contributed by atoms with E-state index in [2.05, 4.69) is 0 Å². The van der Waals surface area contributed by atoms with Crippen molar-refractivity contribution in [3.05, 3.63) is 29.8 Å². The molecule has 0 aliphatic carbocycles. The Morgan fingerprint density at radius 1 is 1.26 bits per heavy atom. The molecule has 0 bridgehead atoms. The van der Waals surface area contributed by atoms with Gasteiger partial charge in [-0.15, -0.1) is 0 Å². The molecule has 1 heterocycles. The zero-order valence-corrected chi connectivity index (χ0v) is 11.8. The third-order valence-corrected chi connectivity index (χ3v) is 3.60. The Morgan fingerprint density at radius 3 is 2.47 bits per heavy atom. The molecule has 0 saturated heterocycles. The van der Waals surface area contributed by atoms with Crippen LogP contribution in [0.15, 0.2) is 24.3 Å². The molecule has 0 saturated carbocycles. The molecule has 5 nitrogen and oxygen atoms in total. The predicted molar refractivity (Wildman–Crippen MR) is 72.9 cm³/mol. The van der Waals surface area contributed by atoms with E-state index in [4.69, 9.17) is 9.47 Å². The number of hydrogen-bond acceptors (Lipinski definition) is 4. The van der Waals surface area contributed by atoms with E-state index in [1.54, 1.807) is 19.1 Å². The van der Waals surface area contributed by atoms with Gasteiger partial charge in [-0.1, -0.05) is 18.2 Å².